The number of nitrogens with zero attached hydrogens (tertiary/aromatic N) is 4. The summed E-state index contributed by atoms with van der Waals surface area (Å²) in [5, 5.41) is 9.28. The predicted molar refractivity (Wildman–Crippen MR) is 111 cm³/mol. The Morgan fingerprint density at radius 2 is 1.48 bits per heavy atom. The summed E-state index contributed by atoms with van der Waals surface area (Å²) in [6.07, 6.45) is 1.68. The van der Waals surface area contributed by atoms with Crippen LogP contribution in [0, 0.1) is 0 Å². The fraction of sp³-hybridized carbons (Fsp3) is 0.190. The molecular weight excluding hydrogens is 372 g/mol. The van der Waals surface area contributed by atoms with Gasteiger partial charge in [-0.2, -0.15) is 0 Å². The summed E-state index contributed by atoms with van der Waals surface area (Å²) in [5.74, 6) is 0.509. The minimum absolute atomic E-state index is 0.0942. The summed E-state index contributed by atoms with van der Waals surface area (Å²) in [6, 6.07) is 13.8. The summed E-state index contributed by atoms with van der Waals surface area (Å²) in [4.78, 5) is 23.4. The molecule has 1 aromatic carbocycles. The van der Waals surface area contributed by atoms with Crippen LogP contribution in [0.4, 0.5) is 11.4 Å². The van der Waals surface area contributed by atoms with Crippen LogP contribution >= 0.6 is 0 Å². The summed E-state index contributed by atoms with van der Waals surface area (Å²) in [5.41, 5.74) is 1.54. The molecule has 0 fully saturated rings. The highest BCUT2D eigenvalue weighted by atomic mass is 16.5. The highest BCUT2D eigenvalue weighted by molar-refractivity contribution is 5.86. The van der Waals surface area contributed by atoms with E-state index >= 15 is 0 Å². The number of carboxylic acids is 1. The lowest BCUT2D eigenvalue weighted by Gasteiger charge is -2.15. The van der Waals surface area contributed by atoms with Crippen LogP contribution < -0.4 is 19.3 Å². The monoisotopic (exact) mass is 394 g/mol. The fourth-order valence-corrected chi connectivity index (χ4v) is 2.49. The molecule has 0 aliphatic heterocycles. The van der Waals surface area contributed by atoms with Crippen LogP contribution in [-0.2, 0) is 0 Å². The Kier molecular flexibility index (Phi) is 5.82. The molecule has 29 heavy (non-hydrogen) atoms. The van der Waals surface area contributed by atoms with E-state index in [0.717, 1.165) is 5.69 Å². The molecule has 0 saturated carbocycles. The van der Waals surface area contributed by atoms with Gasteiger partial charge in [0.2, 0.25) is 11.8 Å². The number of aromatic carboxylic acids is 1. The number of benzene rings is 1. The van der Waals surface area contributed by atoms with E-state index in [9.17, 15) is 9.90 Å². The number of aromatic nitrogens is 2. The molecular formula is C21H22N4O4. The first kappa shape index (κ1) is 19.9. The van der Waals surface area contributed by atoms with Crippen molar-refractivity contribution in [2.45, 2.75) is 0 Å². The number of carboxylic acid groups (broad SMARTS) is 1. The van der Waals surface area contributed by atoms with Gasteiger partial charge in [0.25, 0.3) is 0 Å². The largest absolute Gasteiger partial charge is 0.477 e. The van der Waals surface area contributed by atoms with Gasteiger partial charge < -0.3 is 24.4 Å². The molecule has 8 nitrogen and oxygen atoms in total. The minimum Gasteiger partial charge on any atom is -0.477 e. The van der Waals surface area contributed by atoms with Gasteiger partial charge in [0.1, 0.15) is 11.5 Å². The van der Waals surface area contributed by atoms with Crippen LogP contribution in [0.25, 0.3) is 0 Å². The molecule has 0 saturated heterocycles. The van der Waals surface area contributed by atoms with Crippen LogP contribution in [0.15, 0.2) is 54.7 Å². The maximum Gasteiger partial charge on any atom is 0.354 e. The van der Waals surface area contributed by atoms with E-state index < -0.39 is 5.97 Å². The molecule has 0 atom stereocenters. The van der Waals surface area contributed by atoms with E-state index in [1.807, 2.05) is 45.2 Å². The lowest BCUT2D eigenvalue weighted by atomic mass is 10.3. The number of rotatable bonds is 7. The molecule has 8 heteroatoms. The second-order valence-electron chi connectivity index (χ2n) is 6.67. The molecule has 0 amide bonds. The van der Waals surface area contributed by atoms with Crippen molar-refractivity contribution < 1.29 is 19.4 Å². The first-order valence-corrected chi connectivity index (χ1v) is 8.83. The van der Waals surface area contributed by atoms with Crippen molar-refractivity contribution in [3.8, 4) is 23.3 Å². The number of ether oxygens (including phenoxy) is 2. The van der Waals surface area contributed by atoms with E-state index in [0.29, 0.717) is 23.1 Å². The summed E-state index contributed by atoms with van der Waals surface area (Å²) in [7, 11) is 7.50. The topological polar surface area (TPSA) is 88.0 Å². The molecule has 150 valence electrons. The lowest BCUT2D eigenvalue weighted by Crippen LogP contribution is -2.11. The van der Waals surface area contributed by atoms with Crippen molar-refractivity contribution in [1.82, 2.24) is 9.97 Å². The van der Waals surface area contributed by atoms with Gasteiger partial charge in [0.15, 0.2) is 5.69 Å². The molecule has 3 rings (SSSR count). The highest BCUT2D eigenvalue weighted by Crippen LogP contribution is 2.29. The van der Waals surface area contributed by atoms with Gasteiger partial charge in [0, 0.05) is 64.0 Å². The predicted octanol–water partition coefficient (Wildman–Crippen LogP) is 3.89. The van der Waals surface area contributed by atoms with Crippen molar-refractivity contribution in [3.05, 3.63) is 60.4 Å². The van der Waals surface area contributed by atoms with E-state index in [1.54, 1.807) is 41.4 Å². The third-order valence-electron chi connectivity index (χ3n) is 4.01. The zero-order chi connectivity index (χ0) is 21.0. The molecule has 0 unspecified atom stereocenters. The van der Waals surface area contributed by atoms with Crippen LogP contribution in [-0.4, -0.2) is 49.2 Å². The molecule has 0 aliphatic carbocycles. The average molecular weight is 394 g/mol. The number of carbonyl (C=O) groups is 1. The lowest BCUT2D eigenvalue weighted by molar-refractivity contribution is 0.0689. The molecule has 2 heterocycles. The van der Waals surface area contributed by atoms with Gasteiger partial charge >= 0.3 is 5.97 Å². The first-order chi connectivity index (χ1) is 13.8. The van der Waals surface area contributed by atoms with Gasteiger partial charge in [-0.1, -0.05) is 6.07 Å². The van der Waals surface area contributed by atoms with Crippen molar-refractivity contribution in [2.75, 3.05) is 38.0 Å². The van der Waals surface area contributed by atoms with Crippen LogP contribution in [0.1, 0.15) is 10.5 Å². The highest BCUT2D eigenvalue weighted by Gasteiger charge is 2.12. The summed E-state index contributed by atoms with van der Waals surface area (Å²) >= 11 is 0. The van der Waals surface area contributed by atoms with E-state index in [2.05, 4.69) is 9.97 Å². The van der Waals surface area contributed by atoms with Crippen molar-refractivity contribution in [3.63, 3.8) is 0 Å². The second-order valence-corrected chi connectivity index (χ2v) is 6.67. The number of hydrogen-bond acceptors (Lipinski definition) is 7. The van der Waals surface area contributed by atoms with Crippen LogP contribution in [0.5, 0.6) is 23.3 Å². The summed E-state index contributed by atoms with van der Waals surface area (Å²) < 4.78 is 11.6. The van der Waals surface area contributed by atoms with Gasteiger partial charge in [0.05, 0.1) is 0 Å². The molecule has 0 spiro atoms. The van der Waals surface area contributed by atoms with Crippen molar-refractivity contribution in [1.29, 1.82) is 0 Å². The smallest absolute Gasteiger partial charge is 0.354 e. The Balaban J connectivity index is 1.83. The standard InChI is InChI=1S/C21H22N4O4/c1-24(2)14-8-9-22-19(11-14)28-16-6-5-7-17(13-16)29-20-12-15(25(3)4)10-18(23-20)21(26)27/h5-13H,1-4H3,(H,26,27). The Hall–Kier alpha value is -3.81. The number of hydrogen-bond donors (Lipinski definition) is 1. The Labute approximate surface area is 169 Å². The van der Waals surface area contributed by atoms with E-state index in [4.69, 9.17) is 9.47 Å². The van der Waals surface area contributed by atoms with Crippen molar-refractivity contribution >= 4 is 17.3 Å². The summed E-state index contributed by atoms with van der Waals surface area (Å²) in [6.45, 7) is 0. The molecule has 0 bridgehead atoms. The van der Waals surface area contributed by atoms with Crippen LogP contribution in [0.3, 0.4) is 0 Å². The zero-order valence-corrected chi connectivity index (χ0v) is 16.7. The Morgan fingerprint density at radius 3 is 2.10 bits per heavy atom. The van der Waals surface area contributed by atoms with Gasteiger partial charge in [-0.25, -0.2) is 14.8 Å². The average Bonchev–Trinajstić information content (AvgIpc) is 2.68. The van der Waals surface area contributed by atoms with E-state index in [-0.39, 0.29) is 11.6 Å². The molecule has 0 radical (unpaired) electrons. The molecule has 0 aliphatic rings. The Morgan fingerprint density at radius 1 is 0.862 bits per heavy atom. The third kappa shape index (κ3) is 5.13. The zero-order valence-electron chi connectivity index (χ0n) is 16.7. The minimum atomic E-state index is -1.12. The second kappa shape index (κ2) is 8.47. The number of pyridine rings is 2. The van der Waals surface area contributed by atoms with Gasteiger partial charge in [-0.05, 0) is 24.3 Å². The van der Waals surface area contributed by atoms with E-state index in [1.165, 1.54) is 6.07 Å². The Bertz CT molecular complexity index is 1020. The van der Waals surface area contributed by atoms with Gasteiger partial charge in [-0.15, -0.1) is 0 Å². The maximum absolute atomic E-state index is 11.3. The quantitative estimate of drug-likeness (QED) is 0.646. The van der Waals surface area contributed by atoms with Crippen molar-refractivity contribution in [2.24, 2.45) is 0 Å². The molecule has 3 aromatic rings. The van der Waals surface area contributed by atoms with Crippen LogP contribution in [0.2, 0.25) is 0 Å². The normalized spacial score (nSPS) is 10.3. The molecule has 1 N–H and O–H groups in total. The number of anilines is 2. The SMILES string of the molecule is CN(C)c1ccnc(Oc2cccc(Oc3cc(N(C)C)cc(C(=O)O)n3)c2)c1. The third-order valence-corrected chi connectivity index (χ3v) is 4.01. The maximum atomic E-state index is 11.3. The van der Waals surface area contributed by atoms with Gasteiger partial charge in [-0.3, -0.25) is 0 Å². The first-order valence-electron chi connectivity index (χ1n) is 8.83. The molecule has 2 aromatic heterocycles. The fourth-order valence-electron chi connectivity index (χ4n) is 2.49.